The van der Waals surface area contributed by atoms with E-state index in [1.54, 1.807) is 12.4 Å². The van der Waals surface area contributed by atoms with Crippen molar-refractivity contribution in [2.24, 2.45) is 17.3 Å². The third-order valence-electron chi connectivity index (χ3n) is 4.27. The monoisotopic (exact) mass is 273 g/mol. The first kappa shape index (κ1) is 15.2. The molecule has 2 atom stereocenters. The maximum absolute atomic E-state index is 12.3. The third-order valence-corrected chi connectivity index (χ3v) is 4.27. The van der Waals surface area contributed by atoms with Gasteiger partial charge in [0, 0.05) is 24.4 Å². The topological polar surface area (TPSA) is 30.0 Å². The average molecular weight is 273 g/mol. The van der Waals surface area contributed by atoms with Crippen LogP contribution in [0.3, 0.4) is 0 Å². The van der Waals surface area contributed by atoms with Crippen molar-refractivity contribution in [1.29, 1.82) is 0 Å². The highest BCUT2D eigenvalue weighted by atomic mass is 16.1. The molecule has 0 aliphatic heterocycles. The van der Waals surface area contributed by atoms with Crippen molar-refractivity contribution in [2.75, 3.05) is 0 Å². The van der Waals surface area contributed by atoms with E-state index >= 15 is 0 Å². The van der Waals surface area contributed by atoms with Crippen LogP contribution in [0.5, 0.6) is 0 Å². The van der Waals surface area contributed by atoms with Gasteiger partial charge < -0.3 is 0 Å². The molecule has 1 aromatic rings. The van der Waals surface area contributed by atoms with E-state index in [2.05, 4.69) is 25.8 Å². The molecular formula is C18H27NO. The summed E-state index contributed by atoms with van der Waals surface area (Å²) >= 11 is 0. The van der Waals surface area contributed by atoms with Crippen LogP contribution in [0.25, 0.3) is 0 Å². The maximum atomic E-state index is 12.3. The molecule has 1 aliphatic carbocycles. The molecule has 0 bridgehead atoms. The van der Waals surface area contributed by atoms with E-state index in [-0.39, 0.29) is 5.78 Å². The zero-order valence-electron chi connectivity index (χ0n) is 13.1. The lowest BCUT2D eigenvalue weighted by Crippen LogP contribution is -2.22. The number of Topliss-reactive ketones (excluding diaryl/α,β-unsaturated/α-hetero) is 1. The summed E-state index contributed by atoms with van der Waals surface area (Å²) in [4.78, 5) is 16.3. The van der Waals surface area contributed by atoms with Gasteiger partial charge in [0.1, 0.15) is 0 Å². The molecule has 20 heavy (non-hydrogen) atoms. The van der Waals surface area contributed by atoms with Crippen LogP contribution in [0, 0.1) is 17.3 Å². The number of hydrogen-bond donors (Lipinski definition) is 0. The van der Waals surface area contributed by atoms with Crippen molar-refractivity contribution < 1.29 is 4.79 Å². The summed E-state index contributed by atoms with van der Waals surface area (Å²) in [7, 11) is 0. The first-order chi connectivity index (χ1) is 9.44. The number of carbonyl (C=O) groups excluding carboxylic acids is 1. The molecule has 2 nitrogen and oxygen atoms in total. The molecule has 1 heterocycles. The van der Waals surface area contributed by atoms with Crippen LogP contribution in [0.4, 0.5) is 0 Å². The quantitative estimate of drug-likeness (QED) is 0.730. The van der Waals surface area contributed by atoms with Crippen molar-refractivity contribution in [1.82, 2.24) is 4.98 Å². The first-order valence-corrected chi connectivity index (χ1v) is 7.87. The molecule has 1 aliphatic rings. The molecule has 1 fully saturated rings. The van der Waals surface area contributed by atoms with Gasteiger partial charge in [-0.15, -0.1) is 0 Å². The Morgan fingerprint density at radius 1 is 1.20 bits per heavy atom. The van der Waals surface area contributed by atoms with Crippen molar-refractivity contribution in [3.63, 3.8) is 0 Å². The Morgan fingerprint density at radius 3 is 2.50 bits per heavy atom. The Hall–Kier alpha value is -1.18. The molecule has 2 heteroatoms. The number of hydrogen-bond acceptors (Lipinski definition) is 2. The number of pyridine rings is 1. The second-order valence-corrected chi connectivity index (χ2v) is 7.53. The van der Waals surface area contributed by atoms with Crippen molar-refractivity contribution >= 4 is 5.78 Å². The fraction of sp³-hybridized carbons (Fsp3) is 0.667. The maximum Gasteiger partial charge on any atom is 0.163 e. The fourth-order valence-corrected chi connectivity index (χ4v) is 3.56. The Kier molecular flexibility index (Phi) is 4.95. The van der Waals surface area contributed by atoms with Crippen LogP contribution in [0.2, 0.25) is 0 Å². The Balaban J connectivity index is 1.88. The van der Waals surface area contributed by atoms with E-state index < -0.39 is 0 Å². The minimum atomic E-state index is 0.286. The molecule has 2 unspecified atom stereocenters. The van der Waals surface area contributed by atoms with Gasteiger partial charge in [-0.2, -0.15) is 0 Å². The van der Waals surface area contributed by atoms with E-state index in [1.165, 1.54) is 32.1 Å². The van der Waals surface area contributed by atoms with Crippen LogP contribution >= 0.6 is 0 Å². The Bertz CT molecular complexity index is 432. The van der Waals surface area contributed by atoms with Gasteiger partial charge in [-0.05, 0) is 48.6 Å². The van der Waals surface area contributed by atoms with Gasteiger partial charge in [0.15, 0.2) is 5.78 Å². The Morgan fingerprint density at radius 2 is 1.85 bits per heavy atom. The van der Waals surface area contributed by atoms with Crippen LogP contribution in [-0.2, 0) is 0 Å². The molecule has 2 rings (SSSR count). The number of aromatic nitrogens is 1. The van der Waals surface area contributed by atoms with Crippen LogP contribution < -0.4 is 0 Å². The summed E-state index contributed by atoms with van der Waals surface area (Å²) in [6, 6.07) is 3.66. The van der Waals surface area contributed by atoms with Crippen molar-refractivity contribution in [2.45, 2.75) is 59.3 Å². The summed E-state index contributed by atoms with van der Waals surface area (Å²) in [5, 5.41) is 0. The zero-order chi connectivity index (χ0) is 14.6. The van der Waals surface area contributed by atoms with Gasteiger partial charge in [-0.1, -0.05) is 33.6 Å². The van der Waals surface area contributed by atoms with Gasteiger partial charge >= 0.3 is 0 Å². The highest BCUT2D eigenvalue weighted by Gasteiger charge is 2.27. The minimum Gasteiger partial charge on any atom is -0.294 e. The molecule has 0 radical (unpaired) electrons. The number of nitrogens with zero attached hydrogens (tertiary/aromatic N) is 1. The standard InChI is InChI=1S/C18H27NO/c1-18(2,3)13-15-6-4-5-14(11-15)12-17(20)16-7-9-19-10-8-16/h7-10,14-15H,4-6,11-13H2,1-3H3. The average Bonchev–Trinajstić information content (AvgIpc) is 2.38. The lowest BCUT2D eigenvalue weighted by Gasteiger charge is -2.33. The lowest BCUT2D eigenvalue weighted by molar-refractivity contribution is 0.0931. The second kappa shape index (κ2) is 6.51. The van der Waals surface area contributed by atoms with Crippen molar-refractivity contribution in [3.8, 4) is 0 Å². The van der Waals surface area contributed by atoms with Crippen LogP contribution in [0.15, 0.2) is 24.5 Å². The highest BCUT2D eigenvalue weighted by Crippen LogP contribution is 2.38. The zero-order valence-corrected chi connectivity index (χ0v) is 13.1. The smallest absolute Gasteiger partial charge is 0.163 e. The summed E-state index contributed by atoms with van der Waals surface area (Å²) < 4.78 is 0. The fourth-order valence-electron chi connectivity index (χ4n) is 3.56. The van der Waals surface area contributed by atoms with E-state index in [0.717, 1.165) is 11.5 Å². The number of rotatable bonds is 4. The molecular weight excluding hydrogens is 246 g/mol. The van der Waals surface area contributed by atoms with Gasteiger partial charge in [-0.3, -0.25) is 9.78 Å². The lowest BCUT2D eigenvalue weighted by atomic mass is 9.73. The molecule has 1 saturated carbocycles. The molecule has 0 aromatic carbocycles. The number of carbonyl (C=O) groups is 1. The summed E-state index contributed by atoms with van der Waals surface area (Å²) in [6.45, 7) is 6.95. The van der Waals surface area contributed by atoms with E-state index in [0.29, 0.717) is 17.8 Å². The third kappa shape index (κ3) is 4.73. The van der Waals surface area contributed by atoms with Gasteiger partial charge in [0.25, 0.3) is 0 Å². The van der Waals surface area contributed by atoms with Crippen LogP contribution in [-0.4, -0.2) is 10.8 Å². The molecule has 0 saturated heterocycles. The normalized spacial score (nSPS) is 23.6. The molecule has 110 valence electrons. The SMILES string of the molecule is CC(C)(C)CC1CCCC(CC(=O)c2ccncc2)C1. The summed E-state index contributed by atoms with van der Waals surface area (Å²) in [6.07, 6.45) is 10.5. The highest BCUT2D eigenvalue weighted by molar-refractivity contribution is 5.96. The predicted molar refractivity (Wildman–Crippen MR) is 82.7 cm³/mol. The van der Waals surface area contributed by atoms with Crippen LogP contribution in [0.1, 0.15) is 69.7 Å². The summed E-state index contributed by atoms with van der Waals surface area (Å²) in [5.41, 5.74) is 1.22. The van der Waals surface area contributed by atoms with E-state index in [4.69, 9.17) is 0 Å². The summed E-state index contributed by atoms with van der Waals surface area (Å²) in [5.74, 6) is 1.67. The largest absolute Gasteiger partial charge is 0.294 e. The van der Waals surface area contributed by atoms with E-state index in [1.807, 2.05) is 12.1 Å². The minimum absolute atomic E-state index is 0.286. The second-order valence-electron chi connectivity index (χ2n) is 7.53. The first-order valence-electron chi connectivity index (χ1n) is 7.87. The molecule has 0 amide bonds. The van der Waals surface area contributed by atoms with E-state index in [9.17, 15) is 4.79 Å². The molecule has 0 N–H and O–H groups in total. The Labute approximate surface area is 123 Å². The number of ketones is 1. The van der Waals surface area contributed by atoms with Gasteiger partial charge in [-0.25, -0.2) is 0 Å². The van der Waals surface area contributed by atoms with Gasteiger partial charge in [0.05, 0.1) is 0 Å². The van der Waals surface area contributed by atoms with Gasteiger partial charge in [0.2, 0.25) is 0 Å². The molecule has 1 aromatic heterocycles. The predicted octanol–water partition coefficient (Wildman–Crippen LogP) is 4.90. The molecule has 0 spiro atoms. The van der Waals surface area contributed by atoms with Crippen molar-refractivity contribution in [3.05, 3.63) is 30.1 Å².